The van der Waals surface area contributed by atoms with E-state index in [-0.39, 0.29) is 38.1 Å². The molecule has 0 aromatic heterocycles. The number of likely N-dealkylation sites (N-methyl/N-ethyl adjacent to an activating group) is 1. The van der Waals surface area contributed by atoms with Crippen molar-refractivity contribution in [3.8, 4) is 0 Å². The number of fused-ring (bicyclic) bond motifs is 1. The first-order valence-electron chi connectivity index (χ1n) is 12.8. The quantitative estimate of drug-likeness (QED) is 0.437. The molecule has 212 valence electrons. The minimum atomic E-state index is -4.44. The van der Waals surface area contributed by atoms with Gasteiger partial charge in [0.05, 0.1) is 11.5 Å². The number of rotatable bonds is 8. The van der Waals surface area contributed by atoms with Crippen molar-refractivity contribution in [2.75, 3.05) is 26.7 Å². The summed E-state index contributed by atoms with van der Waals surface area (Å²) in [6, 6.07) is 2.84. The lowest BCUT2D eigenvalue weighted by atomic mass is 9.91. The number of amides is 3. The van der Waals surface area contributed by atoms with Crippen LogP contribution in [0.2, 0.25) is 0 Å². The van der Waals surface area contributed by atoms with E-state index in [1.165, 1.54) is 17.0 Å². The van der Waals surface area contributed by atoms with Crippen LogP contribution in [0.25, 0.3) is 0 Å². The number of carbonyl (C=O) groups excluding carboxylic acids is 3. The predicted molar refractivity (Wildman–Crippen MR) is 133 cm³/mol. The summed E-state index contributed by atoms with van der Waals surface area (Å²) in [6.45, 7) is 3.85. The maximum Gasteiger partial charge on any atom is 0.395 e. The van der Waals surface area contributed by atoms with Gasteiger partial charge in [-0.1, -0.05) is 12.1 Å². The topological polar surface area (TPSA) is 93.8 Å². The first-order valence-corrected chi connectivity index (χ1v) is 12.8. The second-order valence-corrected chi connectivity index (χ2v) is 10.8. The molecule has 8 nitrogen and oxygen atoms in total. The molecule has 0 bridgehead atoms. The lowest BCUT2D eigenvalue weighted by Crippen LogP contribution is -2.62. The molecule has 2 aliphatic heterocycles. The highest BCUT2D eigenvalue weighted by molar-refractivity contribution is 5.94. The highest BCUT2D eigenvalue weighted by Gasteiger charge is 2.50. The monoisotopic (exact) mass is 543 g/mol. The van der Waals surface area contributed by atoms with Gasteiger partial charge in [0, 0.05) is 32.2 Å². The first kappa shape index (κ1) is 29.8. The van der Waals surface area contributed by atoms with Crippen molar-refractivity contribution in [3.63, 3.8) is 0 Å². The zero-order valence-electron chi connectivity index (χ0n) is 22.2. The van der Waals surface area contributed by atoms with Crippen molar-refractivity contribution in [1.29, 1.82) is 0 Å². The Kier molecular flexibility index (Phi) is 9.40. The van der Waals surface area contributed by atoms with Crippen LogP contribution in [0.3, 0.4) is 0 Å². The molecule has 2 aliphatic rings. The molecule has 2 fully saturated rings. The van der Waals surface area contributed by atoms with Crippen molar-refractivity contribution >= 4 is 17.7 Å². The summed E-state index contributed by atoms with van der Waals surface area (Å²) in [5.74, 6) is -1.71. The van der Waals surface area contributed by atoms with Gasteiger partial charge >= 0.3 is 6.18 Å². The number of nitrogens with one attached hydrogen (secondary N) is 3. The smallest absolute Gasteiger partial charge is 0.350 e. The second-order valence-electron chi connectivity index (χ2n) is 10.8. The third kappa shape index (κ3) is 7.02. The molecule has 0 saturated carbocycles. The molecule has 2 saturated heterocycles. The molecule has 0 spiro atoms. The van der Waals surface area contributed by atoms with Crippen molar-refractivity contribution in [2.45, 2.75) is 76.9 Å². The van der Waals surface area contributed by atoms with Gasteiger partial charge in [0.2, 0.25) is 17.7 Å². The second kappa shape index (κ2) is 12.0. The molecule has 38 heavy (non-hydrogen) atoms. The van der Waals surface area contributed by atoms with Crippen LogP contribution in [0.1, 0.15) is 45.6 Å². The van der Waals surface area contributed by atoms with Crippen molar-refractivity contribution in [2.24, 2.45) is 5.41 Å². The molecule has 12 heteroatoms. The number of hydrogen-bond acceptors (Lipinski definition) is 5. The van der Waals surface area contributed by atoms with Crippen LogP contribution in [0.15, 0.2) is 24.3 Å². The van der Waals surface area contributed by atoms with Gasteiger partial charge in [-0.25, -0.2) is 4.39 Å². The van der Waals surface area contributed by atoms with Gasteiger partial charge in [-0.05, 0) is 64.8 Å². The Balaban J connectivity index is 1.80. The van der Waals surface area contributed by atoms with E-state index in [0.717, 1.165) is 13.8 Å². The molecule has 3 amide bonds. The van der Waals surface area contributed by atoms with E-state index in [1.54, 1.807) is 31.0 Å². The molecular weight excluding hydrogens is 506 g/mol. The predicted octanol–water partition coefficient (Wildman–Crippen LogP) is 2.19. The van der Waals surface area contributed by atoms with E-state index >= 15 is 0 Å². The molecule has 3 rings (SSSR count). The number of benzene rings is 1. The largest absolute Gasteiger partial charge is 0.395 e. The molecule has 0 radical (unpaired) electrons. The average Bonchev–Trinajstić information content (AvgIpc) is 3.27. The number of halogens is 4. The Morgan fingerprint density at radius 2 is 1.76 bits per heavy atom. The van der Waals surface area contributed by atoms with E-state index in [0.29, 0.717) is 24.8 Å². The van der Waals surface area contributed by atoms with Crippen LogP contribution < -0.4 is 16.0 Å². The van der Waals surface area contributed by atoms with Crippen LogP contribution in [-0.4, -0.2) is 84.5 Å². The van der Waals surface area contributed by atoms with Gasteiger partial charge in [0.1, 0.15) is 17.9 Å². The molecule has 0 aliphatic carbocycles. The molecule has 1 aromatic carbocycles. The Hall–Kier alpha value is -2.73. The Bertz CT molecular complexity index is 1000. The summed E-state index contributed by atoms with van der Waals surface area (Å²) in [5.41, 5.74) is -1.32. The number of nitrogens with zero attached hydrogens (tertiary/aromatic N) is 2. The Morgan fingerprint density at radius 3 is 2.37 bits per heavy atom. The van der Waals surface area contributed by atoms with Gasteiger partial charge in [-0.2, -0.15) is 13.2 Å². The molecule has 3 N–H and O–H groups in total. The summed E-state index contributed by atoms with van der Waals surface area (Å²) in [7, 11) is 1.58. The van der Waals surface area contributed by atoms with Crippen LogP contribution in [0.5, 0.6) is 0 Å². The minimum Gasteiger partial charge on any atom is -0.350 e. The standard InChI is InChI=1S/C26H37F4N5O3/c1-16(31-4)22(36)33-20-14-34(15-25(2,3)26(28,29)30)12-11-19-9-10-21(35(19)24(20)38)23(37)32-13-17-5-7-18(27)8-6-17/h5-8,16,19-21,31H,9-15H2,1-4H3,(H,32,37)(H,33,36)/t16-,19+,20-,21-/m0/s1. The maximum absolute atomic E-state index is 13.8. The first-order chi connectivity index (χ1) is 17.7. The van der Waals surface area contributed by atoms with Crippen LogP contribution in [0.4, 0.5) is 17.6 Å². The number of alkyl halides is 3. The lowest BCUT2D eigenvalue weighted by molar-refractivity contribution is -0.217. The zero-order valence-corrected chi connectivity index (χ0v) is 22.2. The lowest BCUT2D eigenvalue weighted by Gasteiger charge is -2.41. The third-order valence-corrected chi connectivity index (χ3v) is 7.49. The fraction of sp³-hybridized carbons (Fsp3) is 0.654. The Labute approximate surface area is 220 Å². The van der Waals surface area contributed by atoms with Crippen LogP contribution in [-0.2, 0) is 20.9 Å². The van der Waals surface area contributed by atoms with E-state index in [1.807, 2.05) is 0 Å². The zero-order chi connectivity index (χ0) is 28.3. The van der Waals surface area contributed by atoms with Crippen molar-refractivity contribution in [3.05, 3.63) is 35.6 Å². The molecule has 0 unspecified atom stereocenters. The number of carbonyl (C=O) groups is 3. The molecule has 2 heterocycles. The normalized spacial score (nSPS) is 23.8. The van der Waals surface area contributed by atoms with Crippen LogP contribution in [0, 0.1) is 11.2 Å². The van der Waals surface area contributed by atoms with E-state index in [9.17, 15) is 31.9 Å². The van der Waals surface area contributed by atoms with Crippen molar-refractivity contribution < 1.29 is 31.9 Å². The van der Waals surface area contributed by atoms with Gasteiger partial charge in [0.25, 0.3) is 0 Å². The highest BCUT2D eigenvalue weighted by atomic mass is 19.4. The van der Waals surface area contributed by atoms with E-state index < -0.39 is 47.3 Å². The minimum absolute atomic E-state index is 0.104. The van der Waals surface area contributed by atoms with Gasteiger partial charge in [-0.3, -0.25) is 19.3 Å². The summed E-state index contributed by atoms with van der Waals surface area (Å²) in [5, 5.41) is 8.28. The fourth-order valence-electron chi connectivity index (χ4n) is 4.93. The third-order valence-electron chi connectivity index (χ3n) is 7.49. The average molecular weight is 544 g/mol. The molecule has 1 aromatic rings. The summed E-state index contributed by atoms with van der Waals surface area (Å²) >= 11 is 0. The highest BCUT2D eigenvalue weighted by Crippen LogP contribution is 2.39. The van der Waals surface area contributed by atoms with Gasteiger partial charge < -0.3 is 20.9 Å². The van der Waals surface area contributed by atoms with Crippen molar-refractivity contribution in [1.82, 2.24) is 25.8 Å². The SMILES string of the molecule is CN[C@@H](C)C(=O)N[C@H]1CN(CC(C)(C)C(F)(F)F)CC[C@H]2CC[C@@H](C(=O)NCc3ccc(F)cc3)N2C1=O. The van der Waals surface area contributed by atoms with Gasteiger partial charge in [0.15, 0.2) is 0 Å². The fourth-order valence-corrected chi connectivity index (χ4v) is 4.93. The Morgan fingerprint density at radius 1 is 1.11 bits per heavy atom. The summed E-state index contributed by atoms with van der Waals surface area (Å²) in [6.07, 6.45) is -3.11. The van der Waals surface area contributed by atoms with Crippen LogP contribution >= 0.6 is 0 Å². The van der Waals surface area contributed by atoms with E-state index in [2.05, 4.69) is 16.0 Å². The molecule has 4 atom stereocenters. The van der Waals surface area contributed by atoms with E-state index in [4.69, 9.17) is 0 Å². The summed E-state index contributed by atoms with van der Waals surface area (Å²) < 4.78 is 54.1. The summed E-state index contributed by atoms with van der Waals surface area (Å²) in [4.78, 5) is 42.7. The number of hydrogen-bond donors (Lipinski definition) is 3. The van der Waals surface area contributed by atoms with Gasteiger partial charge in [-0.15, -0.1) is 0 Å². The maximum atomic E-state index is 13.8. The molecular formula is C26H37F4N5O3.